The van der Waals surface area contributed by atoms with Crippen LogP contribution >= 0.6 is 0 Å². The Labute approximate surface area is 197 Å². The van der Waals surface area contributed by atoms with Crippen LogP contribution < -0.4 is 21.6 Å². The van der Waals surface area contributed by atoms with Crippen LogP contribution in [-0.2, 0) is 6.42 Å². The van der Waals surface area contributed by atoms with Gasteiger partial charge in [-0.05, 0) is 57.1 Å². The molecule has 33 heavy (non-hydrogen) atoms. The summed E-state index contributed by atoms with van der Waals surface area (Å²) in [7, 11) is 1.75. The van der Waals surface area contributed by atoms with Crippen LogP contribution in [0.3, 0.4) is 0 Å². The number of nitrogens with zero attached hydrogens (tertiary/aromatic N) is 5. The van der Waals surface area contributed by atoms with E-state index in [9.17, 15) is 0 Å². The topological polar surface area (TPSA) is 128 Å². The highest BCUT2D eigenvalue weighted by atomic mass is 16.5. The first-order valence-electron chi connectivity index (χ1n) is 11.9. The minimum atomic E-state index is 0.277. The van der Waals surface area contributed by atoms with Crippen molar-refractivity contribution in [3.8, 4) is 5.75 Å². The first kappa shape index (κ1) is 24.7. The number of anilines is 1. The van der Waals surface area contributed by atoms with Crippen molar-refractivity contribution in [2.24, 2.45) is 17.5 Å². The quantitative estimate of drug-likeness (QED) is 0.365. The number of aromatic nitrogens is 4. The minimum Gasteiger partial charge on any atom is -0.489 e. The second-order valence-electron chi connectivity index (χ2n) is 9.14. The average molecular weight is 455 g/mol. The van der Waals surface area contributed by atoms with E-state index in [1.54, 1.807) is 7.05 Å². The van der Waals surface area contributed by atoms with Crippen molar-refractivity contribution in [2.45, 2.75) is 71.8 Å². The second kappa shape index (κ2) is 11.8. The van der Waals surface area contributed by atoms with Gasteiger partial charge in [0.1, 0.15) is 17.9 Å². The highest BCUT2D eigenvalue weighted by molar-refractivity contribution is 5.64. The van der Waals surface area contributed by atoms with Crippen molar-refractivity contribution in [3.63, 3.8) is 0 Å². The van der Waals surface area contributed by atoms with Crippen molar-refractivity contribution in [2.75, 3.05) is 18.9 Å². The van der Waals surface area contributed by atoms with Crippen LogP contribution in [0.25, 0.3) is 5.70 Å². The first-order valence-corrected chi connectivity index (χ1v) is 11.9. The first-order chi connectivity index (χ1) is 15.8. The smallest absolute Gasteiger partial charge is 0.226 e. The standard InChI is InChI=1S/C24H38N8O/c1-16(2)10-13-22-28-15-29-24(31-22)27-14-20(32(4)26)23(25)19-11-12-21(17(3)30-19)33-18-8-6-5-7-9-18/h11-12,15-16,18H,5-10,13-14,25-26H2,1-4H3,(H,27,28,29,31)/b23-20-. The van der Waals surface area contributed by atoms with Crippen LogP contribution in [0.5, 0.6) is 5.75 Å². The lowest BCUT2D eigenvalue weighted by molar-refractivity contribution is 0.153. The van der Waals surface area contributed by atoms with Crippen LogP contribution in [-0.4, -0.2) is 44.6 Å². The zero-order valence-corrected chi connectivity index (χ0v) is 20.3. The molecule has 1 aliphatic rings. The Kier molecular flexibility index (Phi) is 8.82. The van der Waals surface area contributed by atoms with Crippen molar-refractivity contribution < 1.29 is 4.74 Å². The van der Waals surface area contributed by atoms with Crippen LogP contribution in [0, 0.1) is 12.8 Å². The van der Waals surface area contributed by atoms with Crippen molar-refractivity contribution >= 4 is 11.6 Å². The number of aryl methyl sites for hydroxylation is 2. The molecular formula is C24H38N8O. The molecule has 0 radical (unpaired) electrons. The van der Waals surface area contributed by atoms with Gasteiger partial charge in [0.25, 0.3) is 0 Å². The Hall–Kier alpha value is -2.94. The lowest BCUT2D eigenvalue weighted by atomic mass is 9.98. The Bertz CT molecular complexity index is 938. The maximum absolute atomic E-state index is 6.48. The van der Waals surface area contributed by atoms with Crippen molar-refractivity contribution in [3.05, 3.63) is 41.4 Å². The molecule has 3 rings (SSSR count). The molecule has 0 bridgehead atoms. The number of hydrazine groups is 1. The number of likely N-dealkylation sites (N-methyl/N-ethyl adjacent to an activating group) is 1. The Morgan fingerprint density at radius 1 is 1.18 bits per heavy atom. The van der Waals surface area contributed by atoms with Crippen molar-refractivity contribution in [1.29, 1.82) is 0 Å². The van der Waals surface area contributed by atoms with Crippen molar-refractivity contribution in [1.82, 2.24) is 24.9 Å². The fourth-order valence-corrected chi connectivity index (χ4v) is 3.86. The van der Waals surface area contributed by atoms with E-state index in [1.807, 2.05) is 19.1 Å². The van der Waals surface area contributed by atoms with E-state index >= 15 is 0 Å². The molecule has 9 nitrogen and oxygen atoms in total. The van der Waals surface area contributed by atoms with Gasteiger partial charge in [0.15, 0.2) is 0 Å². The molecule has 9 heteroatoms. The zero-order valence-electron chi connectivity index (χ0n) is 20.3. The number of pyridine rings is 1. The van der Waals surface area contributed by atoms with E-state index in [0.29, 0.717) is 35.5 Å². The molecule has 1 aliphatic carbocycles. The Morgan fingerprint density at radius 2 is 1.94 bits per heavy atom. The number of rotatable bonds is 10. The SMILES string of the molecule is Cc1nc(/C(N)=C(\CNc2ncnc(CCC(C)C)n2)N(C)N)ccc1OC1CCCCC1. The summed E-state index contributed by atoms with van der Waals surface area (Å²) in [5, 5.41) is 4.70. The Morgan fingerprint density at radius 3 is 2.61 bits per heavy atom. The monoisotopic (exact) mass is 454 g/mol. The molecule has 0 spiro atoms. The van der Waals surface area contributed by atoms with Crippen LogP contribution in [0.4, 0.5) is 5.95 Å². The molecule has 0 aliphatic heterocycles. The van der Waals surface area contributed by atoms with Crippen LogP contribution in [0.15, 0.2) is 24.2 Å². The van der Waals surface area contributed by atoms with E-state index < -0.39 is 0 Å². The number of nitrogens with two attached hydrogens (primary N) is 2. The van der Waals surface area contributed by atoms with Gasteiger partial charge in [0.2, 0.25) is 5.95 Å². The second-order valence-corrected chi connectivity index (χ2v) is 9.14. The Balaban J connectivity index is 1.71. The lowest BCUT2D eigenvalue weighted by Crippen LogP contribution is -2.32. The van der Waals surface area contributed by atoms with Gasteiger partial charge in [0, 0.05) is 13.5 Å². The highest BCUT2D eigenvalue weighted by Crippen LogP contribution is 2.26. The summed E-state index contributed by atoms with van der Waals surface area (Å²) in [4.78, 5) is 17.7. The minimum absolute atomic E-state index is 0.277. The third kappa shape index (κ3) is 7.28. The summed E-state index contributed by atoms with van der Waals surface area (Å²) in [5.74, 6) is 8.77. The van der Waals surface area contributed by atoms with Gasteiger partial charge in [-0.25, -0.2) is 20.8 Å². The number of nitrogens with one attached hydrogen (secondary N) is 1. The summed E-state index contributed by atoms with van der Waals surface area (Å²) >= 11 is 0. The molecule has 0 atom stereocenters. The zero-order chi connectivity index (χ0) is 23.8. The molecule has 1 fully saturated rings. The predicted octanol–water partition coefficient (Wildman–Crippen LogP) is 3.42. The molecular weight excluding hydrogens is 416 g/mol. The molecule has 0 saturated heterocycles. The largest absolute Gasteiger partial charge is 0.489 e. The fourth-order valence-electron chi connectivity index (χ4n) is 3.86. The van der Waals surface area contributed by atoms with Gasteiger partial charge in [-0.2, -0.15) is 4.98 Å². The predicted molar refractivity (Wildman–Crippen MR) is 131 cm³/mol. The summed E-state index contributed by atoms with van der Waals surface area (Å²) in [6.45, 7) is 6.67. The summed E-state index contributed by atoms with van der Waals surface area (Å²) in [6.07, 6.45) is 9.60. The van der Waals surface area contributed by atoms with E-state index in [-0.39, 0.29) is 6.10 Å². The van der Waals surface area contributed by atoms with Gasteiger partial charge >= 0.3 is 0 Å². The van der Waals surface area contributed by atoms with Gasteiger partial charge in [-0.3, -0.25) is 0 Å². The van der Waals surface area contributed by atoms with Gasteiger partial charge in [-0.1, -0.05) is 20.3 Å². The summed E-state index contributed by atoms with van der Waals surface area (Å²) in [6, 6.07) is 3.84. The fraction of sp³-hybridized carbons (Fsp3) is 0.583. The molecule has 5 N–H and O–H groups in total. The number of hydrogen-bond donors (Lipinski definition) is 3. The molecule has 0 aromatic carbocycles. The molecule has 1 saturated carbocycles. The molecule has 2 aromatic heterocycles. The average Bonchev–Trinajstić information content (AvgIpc) is 2.80. The van der Waals surface area contributed by atoms with E-state index in [0.717, 1.165) is 43.0 Å². The molecule has 0 unspecified atom stereocenters. The molecule has 180 valence electrons. The van der Waals surface area contributed by atoms with Gasteiger partial charge in [-0.15, -0.1) is 0 Å². The molecule has 2 heterocycles. The summed E-state index contributed by atoms with van der Waals surface area (Å²) < 4.78 is 6.19. The van der Waals surface area contributed by atoms with E-state index in [4.69, 9.17) is 21.3 Å². The number of hydrogen-bond acceptors (Lipinski definition) is 9. The van der Waals surface area contributed by atoms with Gasteiger partial charge in [0.05, 0.1) is 35.4 Å². The molecule has 2 aromatic rings. The lowest BCUT2D eigenvalue weighted by Gasteiger charge is -2.24. The van der Waals surface area contributed by atoms with E-state index in [1.165, 1.54) is 30.6 Å². The maximum Gasteiger partial charge on any atom is 0.226 e. The number of ether oxygens (including phenoxy) is 1. The maximum atomic E-state index is 6.48. The molecule has 0 amide bonds. The van der Waals surface area contributed by atoms with E-state index in [2.05, 4.69) is 34.1 Å². The van der Waals surface area contributed by atoms with Gasteiger partial charge < -0.3 is 20.8 Å². The summed E-state index contributed by atoms with van der Waals surface area (Å²) in [5.41, 5.74) is 9.14. The third-order valence-electron chi connectivity index (χ3n) is 5.88. The van der Waals surface area contributed by atoms with Crippen LogP contribution in [0.1, 0.15) is 69.6 Å². The highest BCUT2D eigenvalue weighted by Gasteiger charge is 2.17. The normalized spacial score (nSPS) is 15.3. The third-order valence-corrected chi connectivity index (χ3v) is 5.88. The van der Waals surface area contributed by atoms with Crippen LogP contribution in [0.2, 0.25) is 0 Å².